The van der Waals surface area contributed by atoms with Crippen molar-refractivity contribution in [2.45, 2.75) is 6.92 Å². The molecule has 0 saturated carbocycles. The molecule has 2 rings (SSSR count). The molecule has 1 amide bonds. The van der Waals surface area contributed by atoms with Crippen LogP contribution >= 0.6 is 27.5 Å². The first-order valence-electron chi connectivity index (χ1n) is 5.37. The number of carbonyl (C=O) groups is 1. The summed E-state index contributed by atoms with van der Waals surface area (Å²) in [5.41, 5.74) is 1.32. The van der Waals surface area contributed by atoms with Crippen molar-refractivity contribution in [1.29, 1.82) is 0 Å². The summed E-state index contributed by atoms with van der Waals surface area (Å²) in [4.78, 5) is 16.1. The largest absolute Gasteiger partial charge is 0.318 e. The van der Waals surface area contributed by atoms with E-state index in [-0.39, 0.29) is 10.7 Å². The Labute approximate surface area is 122 Å². The highest BCUT2D eigenvalue weighted by Gasteiger charge is 2.13. The average molecular weight is 344 g/mol. The number of hydrogen-bond donors (Lipinski definition) is 1. The molecule has 0 bridgehead atoms. The second-order valence-electron chi connectivity index (χ2n) is 3.86. The number of pyridine rings is 1. The van der Waals surface area contributed by atoms with Crippen molar-refractivity contribution >= 4 is 39.1 Å². The monoisotopic (exact) mass is 342 g/mol. The van der Waals surface area contributed by atoms with E-state index in [9.17, 15) is 9.18 Å². The number of rotatable bonds is 2. The number of benzene rings is 1. The smallest absolute Gasteiger partial charge is 0.274 e. The summed E-state index contributed by atoms with van der Waals surface area (Å²) in [7, 11) is 0. The Balaban J connectivity index is 2.29. The van der Waals surface area contributed by atoms with Crippen molar-refractivity contribution in [2.24, 2.45) is 0 Å². The summed E-state index contributed by atoms with van der Waals surface area (Å²) in [6, 6.07) is 7.47. The maximum absolute atomic E-state index is 13.1. The Morgan fingerprint density at radius 2 is 2.16 bits per heavy atom. The van der Waals surface area contributed by atoms with Crippen LogP contribution in [0, 0.1) is 12.7 Å². The van der Waals surface area contributed by atoms with Gasteiger partial charge in [0, 0.05) is 10.2 Å². The highest BCUT2D eigenvalue weighted by Crippen LogP contribution is 2.31. The van der Waals surface area contributed by atoms with Gasteiger partial charge in [0.1, 0.15) is 11.5 Å². The first-order chi connectivity index (χ1) is 8.97. The number of nitrogens with one attached hydrogen (secondary N) is 1. The van der Waals surface area contributed by atoms with E-state index < -0.39 is 11.7 Å². The van der Waals surface area contributed by atoms with Gasteiger partial charge in [0.2, 0.25) is 0 Å². The molecule has 0 saturated heterocycles. The number of carbonyl (C=O) groups excluding carboxylic acids is 1. The Kier molecular flexibility index (Phi) is 4.17. The van der Waals surface area contributed by atoms with E-state index >= 15 is 0 Å². The van der Waals surface area contributed by atoms with E-state index in [1.54, 1.807) is 25.1 Å². The van der Waals surface area contributed by atoms with Crippen LogP contribution in [0.5, 0.6) is 0 Å². The Hall–Kier alpha value is -1.46. The predicted octanol–water partition coefficient (Wildman–Crippen LogP) is 4.20. The van der Waals surface area contributed by atoms with Crippen molar-refractivity contribution in [1.82, 2.24) is 4.98 Å². The summed E-state index contributed by atoms with van der Waals surface area (Å²) in [5.74, 6) is -0.888. The molecule has 0 fully saturated rings. The van der Waals surface area contributed by atoms with Gasteiger partial charge in [-0.25, -0.2) is 9.37 Å². The summed E-state index contributed by atoms with van der Waals surface area (Å²) in [6.45, 7) is 1.79. The van der Waals surface area contributed by atoms with Crippen LogP contribution in [0.3, 0.4) is 0 Å². The van der Waals surface area contributed by atoms with Crippen molar-refractivity contribution in [3.63, 3.8) is 0 Å². The quantitative estimate of drug-likeness (QED) is 0.888. The summed E-state index contributed by atoms with van der Waals surface area (Å²) in [6.07, 6.45) is 0. The zero-order valence-corrected chi connectivity index (χ0v) is 12.2. The number of aryl methyl sites for hydroxylation is 1. The standard InChI is InChI=1S/C13H9BrClFN2O/c1-7-3-2-4-11(17-7)13(19)18-12-9(14)5-8(16)6-10(12)15/h2-6H,1H3,(H,18,19). The van der Waals surface area contributed by atoms with Crippen LogP contribution in [0.15, 0.2) is 34.8 Å². The number of amides is 1. The number of hydrogen-bond acceptors (Lipinski definition) is 2. The van der Waals surface area contributed by atoms with Crippen molar-refractivity contribution in [2.75, 3.05) is 5.32 Å². The van der Waals surface area contributed by atoms with Gasteiger partial charge in [-0.05, 0) is 47.1 Å². The normalized spacial score (nSPS) is 10.3. The van der Waals surface area contributed by atoms with Crippen molar-refractivity contribution < 1.29 is 9.18 Å². The minimum Gasteiger partial charge on any atom is -0.318 e. The van der Waals surface area contributed by atoms with Gasteiger partial charge in [-0.15, -0.1) is 0 Å². The third-order valence-electron chi connectivity index (χ3n) is 2.37. The molecule has 0 atom stereocenters. The van der Waals surface area contributed by atoms with Crippen LogP contribution in [0.2, 0.25) is 5.02 Å². The number of anilines is 1. The average Bonchev–Trinajstić information content (AvgIpc) is 2.33. The van der Waals surface area contributed by atoms with Gasteiger partial charge in [-0.2, -0.15) is 0 Å². The topological polar surface area (TPSA) is 42.0 Å². The zero-order chi connectivity index (χ0) is 14.0. The third kappa shape index (κ3) is 3.30. The van der Waals surface area contributed by atoms with Gasteiger partial charge in [0.05, 0.1) is 10.7 Å². The fourth-order valence-corrected chi connectivity index (χ4v) is 2.41. The van der Waals surface area contributed by atoms with Gasteiger partial charge < -0.3 is 5.32 Å². The molecule has 0 aliphatic heterocycles. The highest BCUT2D eigenvalue weighted by molar-refractivity contribution is 9.10. The lowest BCUT2D eigenvalue weighted by molar-refractivity contribution is 0.102. The first kappa shape index (κ1) is 14.0. The molecule has 1 aromatic heterocycles. The Morgan fingerprint density at radius 1 is 1.42 bits per heavy atom. The molecule has 0 unspecified atom stereocenters. The van der Waals surface area contributed by atoms with E-state index in [1.807, 2.05) is 0 Å². The lowest BCUT2D eigenvalue weighted by Gasteiger charge is -2.09. The van der Waals surface area contributed by atoms with Crippen LogP contribution in [0.1, 0.15) is 16.2 Å². The van der Waals surface area contributed by atoms with Crippen LogP contribution < -0.4 is 5.32 Å². The lowest BCUT2D eigenvalue weighted by atomic mass is 10.2. The molecule has 0 aliphatic rings. The fraction of sp³-hybridized carbons (Fsp3) is 0.0769. The molecule has 3 nitrogen and oxygen atoms in total. The summed E-state index contributed by atoms with van der Waals surface area (Å²) >= 11 is 9.05. The summed E-state index contributed by atoms with van der Waals surface area (Å²) < 4.78 is 13.5. The number of nitrogens with zero attached hydrogens (tertiary/aromatic N) is 1. The van der Waals surface area contributed by atoms with Crippen LogP contribution in [0.4, 0.5) is 10.1 Å². The van der Waals surface area contributed by atoms with Gasteiger partial charge >= 0.3 is 0 Å². The molecule has 98 valence electrons. The van der Waals surface area contributed by atoms with Gasteiger partial charge in [0.25, 0.3) is 5.91 Å². The molecular weight excluding hydrogens is 335 g/mol. The number of aromatic nitrogens is 1. The van der Waals surface area contributed by atoms with Gasteiger partial charge in [-0.1, -0.05) is 17.7 Å². The highest BCUT2D eigenvalue weighted by atomic mass is 79.9. The van der Waals surface area contributed by atoms with Gasteiger partial charge in [-0.3, -0.25) is 4.79 Å². The minimum absolute atomic E-state index is 0.118. The van der Waals surface area contributed by atoms with E-state index in [4.69, 9.17) is 11.6 Å². The second kappa shape index (κ2) is 5.67. The molecule has 6 heteroatoms. The molecule has 1 N–H and O–H groups in total. The van der Waals surface area contributed by atoms with Crippen molar-refractivity contribution in [3.8, 4) is 0 Å². The van der Waals surface area contributed by atoms with Crippen LogP contribution in [-0.2, 0) is 0 Å². The van der Waals surface area contributed by atoms with Gasteiger partial charge in [0.15, 0.2) is 0 Å². The van der Waals surface area contributed by atoms with Crippen LogP contribution in [-0.4, -0.2) is 10.9 Å². The Bertz CT molecular complexity index is 625. The maximum atomic E-state index is 13.1. The molecule has 19 heavy (non-hydrogen) atoms. The number of halogens is 3. The first-order valence-corrected chi connectivity index (χ1v) is 6.54. The molecule has 1 heterocycles. The van der Waals surface area contributed by atoms with E-state index in [0.717, 1.165) is 11.8 Å². The second-order valence-corrected chi connectivity index (χ2v) is 5.12. The molecule has 0 spiro atoms. The molecule has 2 aromatic rings. The third-order valence-corrected chi connectivity index (χ3v) is 3.29. The van der Waals surface area contributed by atoms with Crippen LogP contribution in [0.25, 0.3) is 0 Å². The minimum atomic E-state index is -0.483. The van der Waals surface area contributed by atoms with E-state index in [1.165, 1.54) is 6.07 Å². The SMILES string of the molecule is Cc1cccc(C(=O)Nc2c(Cl)cc(F)cc2Br)n1. The Morgan fingerprint density at radius 3 is 2.79 bits per heavy atom. The van der Waals surface area contributed by atoms with E-state index in [2.05, 4.69) is 26.2 Å². The molecular formula is C13H9BrClFN2O. The summed E-state index contributed by atoms with van der Waals surface area (Å²) in [5, 5.41) is 2.72. The predicted molar refractivity (Wildman–Crippen MR) is 76.0 cm³/mol. The zero-order valence-electron chi connectivity index (χ0n) is 9.88. The molecule has 0 radical (unpaired) electrons. The lowest BCUT2D eigenvalue weighted by Crippen LogP contribution is -2.14. The van der Waals surface area contributed by atoms with E-state index in [0.29, 0.717) is 10.2 Å². The van der Waals surface area contributed by atoms with Crippen molar-refractivity contribution in [3.05, 3.63) is 57.0 Å². The molecule has 1 aromatic carbocycles. The fourth-order valence-electron chi connectivity index (χ4n) is 1.51. The maximum Gasteiger partial charge on any atom is 0.274 e. The molecule has 0 aliphatic carbocycles.